The van der Waals surface area contributed by atoms with Crippen molar-refractivity contribution < 1.29 is 19.7 Å². The second-order valence-electron chi connectivity index (χ2n) is 4.49. The third-order valence-corrected chi connectivity index (χ3v) is 2.52. The molecule has 0 radical (unpaired) electrons. The Kier molecular flexibility index (Phi) is 4.07. The number of hydrogen-bond donors (Lipinski definition) is 2. The van der Waals surface area contributed by atoms with Crippen molar-refractivity contribution in [1.82, 2.24) is 4.90 Å². The third-order valence-electron chi connectivity index (χ3n) is 2.52. The predicted molar refractivity (Wildman–Crippen MR) is 54.7 cm³/mol. The Morgan fingerprint density at radius 2 is 2.33 bits per heavy atom. The van der Waals surface area contributed by atoms with Gasteiger partial charge < -0.3 is 14.9 Å². The summed E-state index contributed by atoms with van der Waals surface area (Å²) in [5.41, 5.74) is -1.68. The van der Waals surface area contributed by atoms with Gasteiger partial charge in [0.25, 0.3) is 0 Å². The molecule has 5 nitrogen and oxygen atoms in total. The normalized spacial score (nSPS) is 28.1. The van der Waals surface area contributed by atoms with E-state index in [0.29, 0.717) is 25.7 Å². The minimum absolute atomic E-state index is 0.149. The number of carboxylic acids is 1. The molecule has 1 fully saturated rings. The van der Waals surface area contributed by atoms with Crippen molar-refractivity contribution in [3.05, 3.63) is 0 Å². The summed E-state index contributed by atoms with van der Waals surface area (Å²) in [7, 11) is 0. The Labute approximate surface area is 89.6 Å². The maximum absolute atomic E-state index is 10.8. The highest BCUT2D eigenvalue weighted by Crippen LogP contribution is 2.11. The summed E-state index contributed by atoms with van der Waals surface area (Å²) in [5, 5.41) is 18.4. The zero-order valence-corrected chi connectivity index (χ0v) is 9.27. The molecule has 0 aromatic carbocycles. The summed E-state index contributed by atoms with van der Waals surface area (Å²) in [6.45, 7) is 6.26. The summed E-state index contributed by atoms with van der Waals surface area (Å²) in [6.07, 6.45) is 0. The molecule has 2 N–H and O–H groups in total. The average Bonchev–Trinajstić information content (AvgIpc) is 2.28. The topological polar surface area (TPSA) is 70.0 Å². The van der Waals surface area contributed by atoms with E-state index in [1.54, 1.807) is 0 Å². The van der Waals surface area contributed by atoms with Gasteiger partial charge in [-0.1, -0.05) is 6.92 Å². The van der Waals surface area contributed by atoms with E-state index >= 15 is 0 Å². The van der Waals surface area contributed by atoms with Gasteiger partial charge in [-0.15, -0.1) is 0 Å². The molecule has 1 aliphatic heterocycles. The fourth-order valence-corrected chi connectivity index (χ4v) is 1.71. The van der Waals surface area contributed by atoms with E-state index in [1.165, 1.54) is 6.92 Å². The van der Waals surface area contributed by atoms with Crippen LogP contribution in [-0.2, 0) is 9.53 Å². The minimum Gasteiger partial charge on any atom is -0.479 e. The van der Waals surface area contributed by atoms with Gasteiger partial charge in [0, 0.05) is 19.6 Å². The van der Waals surface area contributed by atoms with Gasteiger partial charge in [0.1, 0.15) is 0 Å². The molecule has 88 valence electrons. The molecule has 0 aromatic rings. The van der Waals surface area contributed by atoms with Gasteiger partial charge in [0.15, 0.2) is 5.60 Å². The van der Waals surface area contributed by atoms with Crippen molar-refractivity contribution in [2.75, 3.05) is 32.8 Å². The first-order valence-electron chi connectivity index (χ1n) is 5.17. The van der Waals surface area contributed by atoms with Gasteiger partial charge in [-0.2, -0.15) is 0 Å². The molecule has 0 aromatic heterocycles. The summed E-state index contributed by atoms with van der Waals surface area (Å²) in [6, 6.07) is 0. The van der Waals surface area contributed by atoms with Crippen molar-refractivity contribution in [2.24, 2.45) is 5.92 Å². The molecule has 0 bridgehead atoms. The highest BCUT2D eigenvalue weighted by molar-refractivity contribution is 5.76. The van der Waals surface area contributed by atoms with Gasteiger partial charge in [-0.25, -0.2) is 4.79 Å². The van der Waals surface area contributed by atoms with Crippen molar-refractivity contribution in [1.29, 1.82) is 0 Å². The van der Waals surface area contributed by atoms with Gasteiger partial charge in [-0.3, -0.25) is 4.90 Å². The summed E-state index contributed by atoms with van der Waals surface area (Å²) < 4.78 is 5.34. The van der Waals surface area contributed by atoms with E-state index in [2.05, 4.69) is 0 Å². The minimum atomic E-state index is -1.68. The van der Waals surface area contributed by atoms with Crippen molar-refractivity contribution in [2.45, 2.75) is 19.4 Å². The number of hydrogen-bond acceptors (Lipinski definition) is 4. The molecule has 2 unspecified atom stereocenters. The zero-order valence-electron chi connectivity index (χ0n) is 9.27. The second kappa shape index (κ2) is 4.92. The zero-order chi connectivity index (χ0) is 11.5. The molecule has 0 amide bonds. The lowest BCUT2D eigenvalue weighted by atomic mass is 10.1. The number of ether oxygens (including phenoxy) is 1. The van der Waals surface area contributed by atoms with E-state index in [0.717, 1.165) is 6.54 Å². The predicted octanol–water partition coefficient (Wildman–Crippen LogP) is -0.210. The Hall–Kier alpha value is -0.650. The monoisotopic (exact) mass is 217 g/mol. The second-order valence-corrected chi connectivity index (χ2v) is 4.49. The van der Waals surface area contributed by atoms with Crippen LogP contribution in [0.15, 0.2) is 0 Å². The lowest BCUT2D eigenvalue weighted by Gasteiger charge is -2.28. The largest absolute Gasteiger partial charge is 0.479 e. The van der Waals surface area contributed by atoms with Gasteiger partial charge in [0.05, 0.1) is 13.2 Å². The molecular formula is C10H19NO4. The summed E-state index contributed by atoms with van der Waals surface area (Å²) in [5.74, 6) is -0.808. The van der Waals surface area contributed by atoms with Crippen LogP contribution in [0.4, 0.5) is 0 Å². The molecule has 0 spiro atoms. The van der Waals surface area contributed by atoms with Crippen LogP contribution in [0, 0.1) is 5.92 Å². The van der Waals surface area contributed by atoms with Crippen LogP contribution in [0.25, 0.3) is 0 Å². The summed E-state index contributed by atoms with van der Waals surface area (Å²) in [4.78, 5) is 12.7. The molecular weight excluding hydrogens is 198 g/mol. The average molecular weight is 217 g/mol. The first-order chi connectivity index (χ1) is 6.92. The van der Waals surface area contributed by atoms with Crippen LogP contribution in [-0.4, -0.2) is 59.5 Å². The number of aliphatic hydroxyl groups is 1. The Balaban J connectivity index is 2.52. The van der Waals surface area contributed by atoms with Gasteiger partial charge in [0.2, 0.25) is 0 Å². The van der Waals surface area contributed by atoms with Crippen LogP contribution >= 0.6 is 0 Å². The lowest BCUT2D eigenvalue weighted by Crippen LogP contribution is -2.48. The third kappa shape index (κ3) is 3.77. The molecule has 5 heteroatoms. The standard InChI is InChI=1S/C10H19NO4/c1-8-5-11(3-4-15-6-8)7-10(2,14)9(12)13/h8,14H,3-7H2,1-2H3,(H,12,13). The quantitative estimate of drug-likeness (QED) is 0.684. The first-order valence-corrected chi connectivity index (χ1v) is 5.17. The Bertz CT molecular complexity index is 229. The number of β-amino-alcohol motifs (C(OH)–C–C–N with tert-alkyl or cyclic N) is 1. The Morgan fingerprint density at radius 3 is 2.93 bits per heavy atom. The highest BCUT2D eigenvalue weighted by Gasteiger charge is 2.33. The van der Waals surface area contributed by atoms with Crippen LogP contribution in [0.3, 0.4) is 0 Å². The fourth-order valence-electron chi connectivity index (χ4n) is 1.71. The Morgan fingerprint density at radius 1 is 1.67 bits per heavy atom. The van der Waals surface area contributed by atoms with E-state index in [4.69, 9.17) is 9.84 Å². The SMILES string of the molecule is CC1COCCN(CC(C)(O)C(=O)O)C1. The molecule has 1 heterocycles. The number of rotatable bonds is 3. The van der Waals surface area contributed by atoms with E-state index in [9.17, 15) is 9.90 Å². The van der Waals surface area contributed by atoms with Crippen LogP contribution in [0.2, 0.25) is 0 Å². The van der Waals surface area contributed by atoms with Crippen LogP contribution in [0.1, 0.15) is 13.8 Å². The lowest BCUT2D eigenvalue weighted by molar-refractivity contribution is -0.158. The van der Waals surface area contributed by atoms with Crippen molar-refractivity contribution >= 4 is 5.97 Å². The van der Waals surface area contributed by atoms with Crippen LogP contribution in [0.5, 0.6) is 0 Å². The van der Waals surface area contributed by atoms with Gasteiger partial charge in [-0.05, 0) is 12.8 Å². The maximum atomic E-state index is 10.8. The smallest absolute Gasteiger partial charge is 0.336 e. The molecule has 1 aliphatic rings. The maximum Gasteiger partial charge on any atom is 0.336 e. The summed E-state index contributed by atoms with van der Waals surface area (Å²) >= 11 is 0. The van der Waals surface area contributed by atoms with E-state index < -0.39 is 11.6 Å². The van der Waals surface area contributed by atoms with E-state index in [1.807, 2.05) is 11.8 Å². The number of carboxylic acid groups (broad SMARTS) is 1. The molecule has 1 rings (SSSR count). The molecule has 0 aliphatic carbocycles. The number of nitrogens with zero attached hydrogens (tertiary/aromatic N) is 1. The van der Waals surface area contributed by atoms with Crippen molar-refractivity contribution in [3.8, 4) is 0 Å². The number of aliphatic carboxylic acids is 1. The number of carbonyl (C=O) groups is 1. The molecule has 2 atom stereocenters. The highest BCUT2D eigenvalue weighted by atomic mass is 16.5. The van der Waals surface area contributed by atoms with Crippen LogP contribution < -0.4 is 0 Å². The molecule has 0 saturated carbocycles. The first kappa shape index (κ1) is 12.4. The fraction of sp³-hybridized carbons (Fsp3) is 0.900. The molecule has 15 heavy (non-hydrogen) atoms. The van der Waals surface area contributed by atoms with Crippen molar-refractivity contribution in [3.63, 3.8) is 0 Å². The van der Waals surface area contributed by atoms with Gasteiger partial charge >= 0.3 is 5.97 Å². The van der Waals surface area contributed by atoms with E-state index in [-0.39, 0.29) is 6.54 Å². The molecule has 1 saturated heterocycles.